The van der Waals surface area contributed by atoms with Gasteiger partial charge >= 0.3 is 0 Å². The number of rotatable bonds is 7. The van der Waals surface area contributed by atoms with Crippen LogP contribution in [0.5, 0.6) is 0 Å². The van der Waals surface area contributed by atoms with Crippen LogP contribution in [0.2, 0.25) is 0 Å². The molecule has 0 saturated carbocycles. The number of amides is 1. The van der Waals surface area contributed by atoms with Crippen LogP contribution < -0.4 is 14.5 Å². The summed E-state index contributed by atoms with van der Waals surface area (Å²) in [6.07, 6.45) is 4.36. The molecular weight excluding hydrogens is 340 g/mol. The van der Waals surface area contributed by atoms with E-state index in [1.54, 1.807) is 36.7 Å². The van der Waals surface area contributed by atoms with Crippen LogP contribution in [0, 0.1) is 0 Å². The Morgan fingerprint density at radius 3 is 2.12 bits per heavy atom. The maximum atomic E-state index is 12.2. The number of nitrogens with one attached hydrogen (secondary N) is 1. The molecule has 8 heteroatoms. The van der Waals surface area contributed by atoms with Crippen molar-refractivity contribution in [3.05, 3.63) is 54.4 Å². The van der Waals surface area contributed by atoms with E-state index in [0.29, 0.717) is 12.2 Å². The lowest BCUT2D eigenvalue weighted by Gasteiger charge is -2.23. The van der Waals surface area contributed by atoms with Crippen LogP contribution in [0.4, 0.5) is 11.4 Å². The van der Waals surface area contributed by atoms with Gasteiger partial charge in [0.15, 0.2) is 0 Å². The minimum Gasteiger partial charge on any atom is -0.378 e. The maximum absolute atomic E-state index is 12.2. The SMILES string of the molecule is CN(C)c1ccc(N(CC(=O)NCc2ccncc2)S(C)(=O)=O)cc1. The van der Waals surface area contributed by atoms with Gasteiger partial charge in [0.1, 0.15) is 6.54 Å². The van der Waals surface area contributed by atoms with E-state index in [4.69, 9.17) is 0 Å². The monoisotopic (exact) mass is 362 g/mol. The molecule has 25 heavy (non-hydrogen) atoms. The predicted molar refractivity (Wildman–Crippen MR) is 99.0 cm³/mol. The van der Waals surface area contributed by atoms with Gasteiger partial charge in [-0.1, -0.05) is 0 Å². The van der Waals surface area contributed by atoms with Crippen molar-refractivity contribution in [1.29, 1.82) is 0 Å². The Morgan fingerprint density at radius 1 is 1.04 bits per heavy atom. The third-order valence-electron chi connectivity index (χ3n) is 3.58. The number of hydrogen-bond donors (Lipinski definition) is 1. The summed E-state index contributed by atoms with van der Waals surface area (Å²) < 4.78 is 25.3. The Morgan fingerprint density at radius 2 is 1.60 bits per heavy atom. The standard InChI is InChI=1S/C17H22N4O3S/c1-20(2)15-4-6-16(7-5-15)21(25(3,23)24)13-17(22)19-12-14-8-10-18-11-9-14/h4-11H,12-13H2,1-3H3,(H,19,22). The Balaban J connectivity index is 2.09. The van der Waals surface area contributed by atoms with Gasteiger partial charge in [0.2, 0.25) is 15.9 Å². The third-order valence-corrected chi connectivity index (χ3v) is 4.72. The second-order valence-electron chi connectivity index (χ2n) is 5.81. The third kappa shape index (κ3) is 5.46. The number of carbonyl (C=O) groups excluding carboxylic acids is 1. The number of carbonyl (C=O) groups is 1. The molecule has 2 aromatic rings. The molecule has 0 atom stereocenters. The lowest BCUT2D eigenvalue weighted by Crippen LogP contribution is -2.40. The van der Waals surface area contributed by atoms with Gasteiger partial charge in [-0.3, -0.25) is 14.1 Å². The summed E-state index contributed by atoms with van der Waals surface area (Å²) in [5, 5.41) is 2.72. The first kappa shape index (κ1) is 18.7. The highest BCUT2D eigenvalue weighted by atomic mass is 32.2. The Kier molecular flexibility index (Phi) is 5.97. The summed E-state index contributed by atoms with van der Waals surface area (Å²) in [6, 6.07) is 10.6. The Bertz CT molecular complexity index is 806. The molecule has 1 aromatic heterocycles. The lowest BCUT2D eigenvalue weighted by atomic mass is 10.2. The number of pyridine rings is 1. The number of hydrogen-bond acceptors (Lipinski definition) is 5. The molecule has 0 fully saturated rings. The van der Waals surface area contributed by atoms with Crippen molar-refractivity contribution in [3.8, 4) is 0 Å². The molecule has 0 aliphatic rings. The van der Waals surface area contributed by atoms with Crippen LogP contribution in [0.25, 0.3) is 0 Å². The van der Waals surface area contributed by atoms with Crippen LogP contribution in [-0.2, 0) is 21.4 Å². The van der Waals surface area contributed by atoms with Crippen LogP contribution >= 0.6 is 0 Å². The van der Waals surface area contributed by atoms with Crippen LogP contribution in [0.1, 0.15) is 5.56 Å². The highest BCUT2D eigenvalue weighted by Gasteiger charge is 2.20. The van der Waals surface area contributed by atoms with Crippen molar-refractivity contribution in [3.63, 3.8) is 0 Å². The number of sulfonamides is 1. The van der Waals surface area contributed by atoms with E-state index in [9.17, 15) is 13.2 Å². The topological polar surface area (TPSA) is 82.6 Å². The van der Waals surface area contributed by atoms with E-state index in [0.717, 1.165) is 21.8 Å². The molecule has 7 nitrogen and oxygen atoms in total. The first-order chi connectivity index (χ1) is 11.8. The zero-order valence-electron chi connectivity index (χ0n) is 14.5. The summed E-state index contributed by atoms with van der Waals surface area (Å²) in [6.45, 7) is 0.0454. The summed E-state index contributed by atoms with van der Waals surface area (Å²) in [4.78, 5) is 18.0. The van der Waals surface area contributed by atoms with Crippen molar-refractivity contribution in [2.75, 3.05) is 36.1 Å². The first-order valence-corrected chi connectivity index (χ1v) is 9.53. The molecular formula is C17H22N4O3S. The highest BCUT2D eigenvalue weighted by molar-refractivity contribution is 7.92. The second-order valence-corrected chi connectivity index (χ2v) is 7.72. The molecule has 1 amide bonds. The number of aromatic nitrogens is 1. The minimum atomic E-state index is -3.58. The summed E-state index contributed by atoms with van der Waals surface area (Å²) in [7, 11) is 0.217. The quantitative estimate of drug-likeness (QED) is 0.801. The average molecular weight is 362 g/mol. The van der Waals surface area contributed by atoms with E-state index < -0.39 is 10.0 Å². The number of nitrogens with zero attached hydrogens (tertiary/aromatic N) is 3. The van der Waals surface area contributed by atoms with Crippen LogP contribution in [0.15, 0.2) is 48.8 Å². The van der Waals surface area contributed by atoms with Gasteiger partial charge < -0.3 is 10.2 Å². The van der Waals surface area contributed by atoms with Gasteiger partial charge in [0, 0.05) is 38.7 Å². The van der Waals surface area contributed by atoms with Gasteiger partial charge in [0.05, 0.1) is 11.9 Å². The average Bonchev–Trinajstić information content (AvgIpc) is 2.58. The fourth-order valence-electron chi connectivity index (χ4n) is 2.20. The van der Waals surface area contributed by atoms with Crippen molar-refractivity contribution in [2.45, 2.75) is 6.54 Å². The normalized spacial score (nSPS) is 11.0. The van der Waals surface area contributed by atoms with Crippen molar-refractivity contribution in [2.24, 2.45) is 0 Å². The van der Waals surface area contributed by atoms with Gasteiger partial charge in [-0.25, -0.2) is 8.42 Å². The molecule has 1 N–H and O–H groups in total. The molecule has 134 valence electrons. The minimum absolute atomic E-state index is 0.273. The molecule has 0 unspecified atom stereocenters. The van der Waals surface area contributed by atoms with E-state index in [-0.39, 0.29) is 12.5 Å². The van der Waals surface area contributed by atoms with Crippen LogP contribution in [-0.4, -0.2) is 46.2 Å². The predicted octanol–water partition coefficient (Wildman–Crippen LogP) is 1.23. The number of anilines is 2. The summed E-state index contributed by atoms with van der Waals surface area (Å²) >= 11 is 0. The van der Waals surface area contributed by atoms with E-state index in [1.807, 2.05) is 31.1 Å². The summed E-state index contributed by atoms with van der Waals surface area (Å²) in [5.74, 6) is -0.376. The van der Waals surface area contributed by atoms with E-state index in [1.165, 1.54) is 0 Å². The molecule has 1 heterocycles. The maximum Gasteiger partial charge on any atom is 0.241 e. The molecule has 0 spiro atoms. The lowest BCUT2D eigenvalue weighted by molar-refractivity contribution is -0.119. The van der Waals surface area contributed by atoms with Gasteiger partial charge in [-0.15, -0.1) is 0 Å². The van der Waals surface area contributed by atoms with E-state index >= 15 is 0 Å². The van der Waals surface area contributed by atoms with Gasteiger partial charge in [-0.05, 0) is 42.0 Å². The van der Waals surface area contributed by atoms with Crippen molar-refractivity contribution in [1.82, 2.24) is 10.3 Å². The first-order valence-electron chi connectivity index (χ1n) is 7.68. The molecule has 0 radical (unpaired) electrons. The zero-order valence-corrected chi connectivity index (χ0v) is 15.3. The van der Waals surface area contributed by atoms with Crippen molar-refractivity contribution >= 4 is 27.3 Å². The Labute approximate surface area is 148 Å². The molecule has 1 aromatic carbocycles. The molecule has 0 saturated heterocycles. The smallest absolute Gasteiger partial charge is 0.241 e. The van der Waals surface area contributed by atoms with Crippen LogP contribution in [0.3, 0.4) is 0 Å². The number of benzene rings is 1. The highest BCUT2D eigenvalue weighted by Crippen LogP contribution is 2.21. The fourth-order valence-corrected chi connectivity index (χ4v) is 3.06. The fraction of sp³-hybridized carbons (Fsp3) is 0.294. The van der Waals surface area contributed by atoms with E-state index in [2.05, 4.69) is 10.3 Å². The second kappa shape index (κ2) is 7.98. The van der Waals surface area contributed by atoms with Gasteiger partial charge in [0.25, 0.3) is 0 Å². The van der Waals surface area contributed by atoms with Gasteiger partial charge in [-0.2, -0.15) is 0 Å². The molecule has 2 rings (SSSR count). The summed E-state index contributed by atoms with van der Waals surface area (Å²) in [5.41, 5.74) is 2.29. The molecule has 0 aliphatic heterocycles. The Hall–Kier alpha value is -2.61. The molecule has 0 aliphatic carbocycles. The molecule has 0 bridgehead atoms. The zero-order chi connectivity index (χ0) is 18.4. The largest absolute Gasteiger partial charge is 0.378 e. The van der Waals surface area contributed by atoms with Crippen molar-refractivity contribution < 1.29 is 13.2 Å².